The molecule has 28 heavy (non-hydrogen) atoms. The molecule has 0 spiro atoms. The van der Waals surface area contributed by atoms with Gasteiger partial charge < -0.3 is 29.8 Å². The highest BCUT2D eigenvalue weighted by Crippen LogP contribution is 2.29. The van der Waals surface area contributed by atoms with Crippen molar-refractivity contribution in [3.05, 3.63) is 18.0 Å². The molecular formula is C20H36N2O6. The third-order valence-corrected chi connectivity index (χ3v) is 3.55. The lowest BCUT2D eigenvalue weighted by Gasteiger charge is -2.27. The van der Waals surface area contributed by atoms with Crippen LogP contribution in [0.2, 0.25) is 0 Å². The van der Waals surface area contributed by atoms with Crippen molar-refractivity contribution in [2.75, 3.05) is 13.9 Å². The van der Waals surface area contributed by atoms with Gasteiger partial charge in [-0.15, -0.1) is 0 Å². The van der Waals surface area contributed by atoms with Crippen molar-refractivity contribution >= 4 is 11.7 Å². The van der Waals surface area contributed by atoms with E-state index in [2.05, 4.69) is 4.98 Å². The van der Waals surface area contributed by atoms with Crippen LogP contribution in [0, 0.1) is 5.92 Å². The molecule has 1 heterocycles. The van der Waals surface area contributed by atoms with Crippen molar-refractivity contribution in [3.63, 3.8) is 0 Å². The molecule has 1 unspecified atom stereocenters. The van der Waals surface area contributed by atoms with Gasteiger partial charge in [-0.1, -0.05) is 34.6 Å². The van der Waals surface area contributed by atoms with E-state index in [9.17, 15) is 14.7 Å². The summed E-state index contributed by atoms with van der Waals surface area (Å²) in [5, 5.41) is 9.93. The molecule has 0 aromatic carbocycles. The number of ketones is 1. The normalized spacial score (nSPS) is 11.9. The van der Waals surface area contributed by atoms with Crippen molar-refractivity contribution in [2.24, 2.45) is 11.7 Å². The molecule has 162 valence electrons. The molecule has 1 atom stereocenters. The third-order valence-electron chi connectivity index (χ3n) is 3.55. The van der Waals surface area contributed by atoms with Gasteiger partial charge in [0.25, 0.3) is 5.91 Å². The number of hydrogen-bond donors (Lipinski definition) is 2. The van der Waals surface area contributed by atoms with Gasteiger partial charge in [0.15, 0.2) is 29.8 Å². The SMILES string of the molecule is CC.CCCC(C)=O.COc1ccnc(C(N)=O)c1OCOC(C)(O)C(C)C. The summed E-state index contributed by atoms with van der Waals surface area (Å²) in [4.78, 5) is 25.2. The summed E-state index contributed by atoms with van der Waals surface area (Å²) in [6.07, 6.45) is 3.10. The zero-order chi connectivity index (χ0) is 22.3. The summed E-state index contributed by atoms with van der Waals surface area (Å²) in [5.74, 6) is -1.53. The molecule has 0 aliphatic rings. The fourth-order valence-corrected chi connectivity index (χ4v) is 1.63. The zero-order valence-electron chi connectivity index (χ0n) is 18.4. The number of aliphatic hydroxyl groups is 1. The number of methoxy groups -OCH3 is 1. The van der Waals surface area contributed by atoms with E-state index in [4.69, 9.17) is 19.9 Å². The van der Waals surface area contributed by atoms with E-state index < -0.39 is 11.7 Å². The number of primary amides is 1. The summed E-state index contributed by atoms with van der Waals surface area (Å²) in [5.41, 5.74) is 5.16. The minimum absolute atomic E-state index is 0.0582. The largest absolute Gasteiger partial charge is 0.493 e. The second-order valence-corrected chi connectivity index (χ2v) is 6.12. The van der Waals surface area contributed by atoms with Gasteiger partial charge in [-0.3, -0.25) is 4.79 Å². The van der Waals surface area contributed by atoms with Crippen LogP contribution in [-0.4, -0.2) is 41.5 Å². The van der Waals surface area contributed by atoms with Gasteiger partial charge in [0.1, 0.15) is 5.78 Å². The summed E-state index contributed by atoms with van der Waals surface area (Å²) in [6.45, 7) is 12.5. The highest BCUT2D eigenvalue weighted by atomic mass is 16.7. The molecule has 0 aliphatic heterocycles. The molecule has 0 aliphatic carbocycles. The van der Waals surface area contributed by atoms with Crippen LogP contribution in [0.25, 0.3) is 0 Å². The fraction of sp³-hybridized carbons (Fsp3) is 0.650. The van der Waals surface area contributed by atoms with Gasteiger partial charge in [-0.25, -0.2) is 4.98 Å². The first-order valence-corrected chi connectivity index (χ1v) is 9.38. The molecule has 0 saturated carbocycles. The Morgan fingerprint density at radius 3 is 2.25 bits per heavy atom. The Kier molecular flexibility index (Phi) is 14.8. The maximum absolute atomic E-state index is 11.3. The number of carbonyl (C=O) groups is 2. The van der Waals surface area contributed by atoms with Crippen molar-refractivity contribution < 1.29 is 28.9 Å². The maximum atomic E-state index is 11.3. The first-order valence-electron chi connectivity index (χ1n) is 9.38. The lowest BCUT2D eigenvalue weighted by Crippen LogP contribution is -2.35. The Labute approximate surface area is 168 Å². The number of pyridine rings is 1. The second-order valence-electron chi connectivity index (χ2n) is 6.12. The minimum atomic E-state index is -1.34. The molecule has 0 radical (unpaired) electrons. The zero-order valence-corrected chi connectivity index (χ0v) is 18.4. The maximum Gasteiger partial charge on any atom is 0.271 e. The monoisotopic (exact) mass is 400 g/mol. The van der Waals surface area contributed by atoms with E-state index in [0.29, 0.717) is 5.75 Å². The standard InChI is InChI=1S/C13H20N2O5.C5H10O.C2H6/c1-8(2)13(3,17)20-7-19-11-9(18-4)5-6-15-10(11)12(14)16;1-3-4-5(2)6;1-2/h5-6,8,17H,7H2,1-4H3,(H2,14,16);3-4H2,1-2H3;1-2H3. The molecule has 0 saturated heterocycles. The number of nitrogens with two attached hydrogens (primary N) is 1. The molecule has 0 bridgehead atoms. The number of amides is 1. The van der Waals surface area contributed by atoms with E-state index in [1.807, 2.05) is 20.8 Å². The average Bonchev–Trinajstić information content (AvgIpc) is 2.63. The van der Waals surface area contributed by atoms with Crippen molar-refractivity contribution in [2.45, 2.75) is 67.1 Å². The molecule has 8 nitrogen and oxygen atoms in total. The molecule has 8 heteroatoms. The number of hydrogen-bond acceptors (Lipinski definition) is 7. The summed E-state index contributed by atoms with van der Waals surface area (Å²) in [6, 6.07) is 1.53. The molecule has 1 aromatic heterocycles. The highest BCUT2D eigenvalue weighted by Gasteiger charge is 2.26. The minimum Gasteiger partial charge on any atom is -0.493 e. The lowest BCUT2D eigenvalue weighted by molar-refractivity contribution is -0.243. The number of ether oxygens (including phenoxy) is 3. The number of nitrogens with zero attached hydrogens (tertiary/aromatic N) is 1. The van der Waals surface area contributed by atoms with E-state index in [1.54, 1.807) is 20.8 Å². The molecule has 3 N–H and O–H groups in total. The molecule has 1 rings (SSSR count). The highest BCUT2D eigenvalue weighted by molar-refractivity contribution is 5.94. The van der Waals surface area contributed by atoms with Gasteiger partial charge in [0.05, 0.1) is 7.11 Å². The Bertz CT molecular complexity index is 588. The van der Waals surface area contributed by atoms with Crippen LogP contribution >= 0.6 is 0 Å². The van der Waals surface area contributed by atoms with Crippen molar-refractivity contribution in [1.29, 1.82) is 0 Å². The van der Waals surface area contributed by atoms with Crippen LogP contribution in [0.4, 0.5) is 0 Å². The molecule has 1 amide bonds. The van der Waals surface area contributed by atoms with Crippen molar-refractivity contribution in [1.82, 2.24) is 4.98 Å². The molecule has 0 fully saturated rings. The van der Waals surface area contributed by atoms with Crippen LogP contribution in [0.5, 0.6) is 11.5 Å². The number of Topliss-reactive ketones (excluding diaryl/α,β-unsaturated/α-hetero) is 1. The molecule has 1 aromatic rings. The van der Waals surface area contributed by atoms with E-state index >= 15 is 0 Å². The van der Waals surface area contributed by atoms with Crippen molar-refractivity contribution in [3.8, 4) is 11.5 Å². The number of rotatable bonds is 9. The first-order chi connectivity index (χ1) is 13.1. The van der Waals surface area contributed by atoms with Crippen LogP contribution in [0.1, 0.15) is 71.8 Å². The Balaban J connectivity index is 0. The summed E-state index contributed by atoms with van der Waals surface area (Å²) in [7, 11) is 1.43. The van der Waals surface area contributed by atoms with Crippen LogP contribution in [0.15, 0.2) is 12.3 Å². The van der Waals surface area contributed by atoms with Gasteiger partial charge in [0, 0.05) is 24.6 Å². The predicted octanol–water partition coefficient (Wildman–Crippen LogP) is 3.31. The second kappa shape index (κ2) is 14.8. The lowest BCUT2D eigenvalue weighted by atomic mass is 10.1. The van der Waals surface area contributed by atoms with E-state index in [-0.39, 0.29) is 29.9 Å². The number of aromatic nitrogens is 1. The van der Waals surface area contributed by atoms with E-state index in [1.165, 1.54) is 26.3 Å². The third kappa shape index (κ3) is 10.8. The van der Waals surface area contributed by atoms with Crippen LogP contribution in [-0.2, 0) is 9.53 Å². The Morgan fingerprint density at radius 1 is 1.32 bits per heavy atom. The predicted molar refractivity (Wildman–Crippen MR) is 108 cm³/mol. The first kappa shape index (κ1) is 28.0. The van der Waals surface area contributed by atoms with Crippen LogP contribution < -0.4 is 15.2 Å². The van der Waals surface area contributed by atoms with Gasteiger partial charge in [-0.05, 0) is 20.3 Å². The molecular weight excluding hydrogens is 364 g/mol. The Morgan fingerprint density at radius 2 is 1.89 bits per heavy atom. The van der Waals surface area contributed by atoms with Crippen LogP contribution in [0.3, 0.4) is 0 Å². The van der Waals surface area contributed by atoms with E-state index in [0.717, 1.165) is 12.8 Å². The van der Waals surface area contributed by atoms with Gasteiger partial charge in [0.2, 0.25) is 0 Å². The van der Waals surface area contributed by atoms with Gasteiger partial charge >= 0.3 is 0 Å². The smallest absolute Gasteiger partial charge is 0.271 e. The topological polar surface area (TPSA) is 121 Å². The average molecular weight is 401 g/mol. The van der Waals surface area contributed by atoms with Gasteiger partial charge in [-0.2, -0.15) is 0 Å². The summed E-state index contributed by atoms with van der Waals surface area (Å²) < 4.78 is 15.6. The quantitative estimate of drug-likeness (QED) is 0.610. The summed E-state index contributed by atoms with van der Waals surface area (Å²) >= 11 is 0. The fourth-order valence-electron chi connectivity index (χ4n) is 1.63. The number of carbonyl (C=O) groups excluding carboxylic acids is 2. The Hall–Kier alpha value is -2.19.